The summed E-state index contributed by atoms with van der Waals surface area (Å²) >= 11 is 1.38. The molecule has 0 aliphatic heterocycles. The van der Waals surface area contributed by atoms with Gasteiger partial charge in [0.2, 0.25) is 5.13 Å². The summed E-state index contributed by atoms with van der Waals surface area (Å²) in [5.41, 5.74) is 2.11. The van der Waals surface area contributed by atoms with Gasteiger partial charge in [-0.25, -0.2) is 4.98 Å². The summed E-state index contributed by atoms with van der Waals surface area (Å²) < 4.78 is 10.2. The maximum absolute atomic E-state index is 6.03. The van der Waals surface area contributed by atoms with Gasteiger partial charge in [-0.15, -0.1) is 0 Å². The van der Waals surface area contributed by atoms with Crippen LogP contribution in [-0.4, -0.2) is 15.0 Å². The summed E-state index contributed by atoms with van der Waals surface area (Å²) in [6.07, 6.45) is 0. The highest BCUT2D eigenvalue weighted by Gasteiger charge is 2.15. The van der Waals surface area contributed by atoms with E-state index in [4.69, 9.17) is 4.74 Å². The Hall–Kier alpha value is -1.62. The van der Waals surface area contributed by atoms with E-state index in [1.54, 1.807) is 0 Å². The predicted molar refractivity (Wildman–Crippen MR) is 83.5 cm³/mol. The first-order valence-electron chi connectivity index (χ1n) is 6.66. The molecule has 2 rings (SSSR count). The van der Waals surface area contributed by atoms with Gasteiger partial charge in [-0.1, -0.05) is 12.1 Å². The second-order valence-corrected chi connectivity index (χ2v) is 6.58. The molecule has 0 saturated carbocycles. The highest BCUT2D eigenvalue weighted by Crippen LogP contribution is 2.25. The molecule has 4 nitrogen and oxygen atoms in total. The summed E-state index contributed by atoms with van der Waals surface area (Å²) in [6.45, 7) is 10.8. The summed E-state index contributed by atoms with van der Waals surface area (Å²) in [5.74, 6) is 1.72. The Morgan fingerprint density at radius 2 is 2.00 bits per heavy atom. The van der Waals surface area contributed by atoms with E-state index in [-0.39, 0.29) is 5.60 Å². The highest BCUT2D eigenvalue weighted by molar-refractivity contribution is 7.09. The van der Waals surface area contributed by atoms with Crippen molar-refractivity contribution in [1.29, 1.82) is 0 Å². The molecule has 0 fully saturated rings. The number of aryl methyl sites for hydroxylation is 2. The Morgan fingerprint density at radius 3 is 2.60 bits per heavy atom. The fraction of sp³-hybridized carbons (Fsp3) is 0.467. The molecule has 0 bridgehead atoms. The fourth-order valence-electron chi connectivity index (χ4n) is 1.77. The van der Waals surface area contributed by atoms with Gasteiger partial charge in [0.1, 0.15) is 17.2 Å². The van der Waals surface area contributed by atoms with Crippen LogP contribution in [0.15, 0.2) is 18.2 Å². The van der Waals surface area contributed by atoms with Crippen LogP contribution in [0.5, 0.6) is 5.75 Å². The number of ether oxygens (including phenoxy) is 1. The van der Waals surface area contributed by atoms with Gasteiger partial charge in [-0.05, 0) is 46.2 Å². The van der Waals surface area contributed by atoms with Crippen LogP contribution >= 0.6 is 11.5 Å². The molecule has 0 unspecified atom stereocenters. The number of nitrogens with zero attached hydrogens (tertiary/aromatic N) is 2. The number of anilines is 1. The third kappa shape index (κ3) is 4.20. The number of aromatic nitrogens is 2. The van der Waals surface area contributed by atoms with Crippen molar-refractivity contribution >= 4 is 16.7 Å². The standard InChI is InChI=1S/C15H21N3OS/c1-10-6-7-12(13(8-10)19-15(3,4)5)9-16-14-17-11(2)18-20-14/h6-8H,9H2,1-5H3,(H,16,17,18). The number of hydrogen-bond donors (Lipinski definition) is 1. The normalized spacial score (nSPS) is 11.4. The minimum absolute atomic E-state index is 0.206. The van der Waals surface area contributed by atoms with E-state index >= 15 is 0 Å². The van der Waals surface area contributed by atoms with E-state index < -0.39 is 0 Å². The quantitative estimate of drug-likeness (QED) is 0.926. The van der Waals surface area contributed by atoms with Crippen molar-refractivity contribution in [2.24, 2.45) is 0 Å². The maximum atomic E-state index is 6.03. The van der Waals surface area contributed by atoms with Gasteiger partial charge in [-0.3, -0.25) is 0 Å². The second-order valence-electron chi connectivity index (χ2n) is 5.83. The zero-order valence-corrected chi connectivity index (χ0v) is 13.5. The average Bonchev–Trinajstić information content (AvgIpc) is 2.72. The van der Waals surface area contributed by atoms with E-state index in [0.717, 1.165) is 22.3 Å². The molecule has 2 aromatic rings. The van der Waals surface area contributed by atoms with Crippen LogP contribution in [0.4, 0.5) is 5.13 Å². The second kappa shape index (κ2) is 5.79. The van der Waals surface area contributed by atoms with E-state index in [9.17, 15) is 0 Å². The molecule has 0 aliphatic rings. The van der Waals surface area contributed by atoms with E-state index in [1.165, 1.54) is 17.1 Å². The summed E-state index contributed by atoms with van der Waals surface area (Å²) in [5, 5.41) is 4.13. The van der Waals surface area contributed by atoms with E-state index in [2.05, 4.69) is 60.6 Å². The Morgan fingerprint density at radius 1 is 1.25 bits per heavy atom. The summed E-state index contributed by atoms with van der Waals surface area (Å²) in [7, 11) is 0. The fourth-order valence-corrected chi connectivity index (χ4v) is 2.34. The van der Waals surface area contributed by atoms with Crippen molar-refractivity contribution in [2.75, 3.05) is 5.32 Å². The first-order valence-corrected chi connectivity index (χ1v) is 7.43. The Bertz CT molecular complexity index is 587. The average molecular weight is 291 g/mol. The molecule has 20 heavy (non-hydrogen) atoms. The molecule has 108 valence electrons. The maximum Gasteiger partial charge on any atom is 0.202 e. The predicted octanol–water partition coefficient (Wildman–Crippen LogP) is 3.94. The zero-order valence-electron chi connectivity index (χ0n) is 12.7. The van der Waals surface area contributed by atoms with Crippen molar-refractivity contribution in [3.05, 3.63) is 35.2 Å². The van der Waals surface area contributed by atoms with Crippen molar-refractivity contribution in [3.63, 3.8) is 0 Å². The molecule has 0 saturated heterocycles. The largest absolute Gasteiger partial charge is 0.488 e. The molecule has 0 radical (unpaired) electrons. The van der Waals surface area contributed by atoms with Gasteiger partial charge in [-0.2, -0.15) is 4.37 Å². The molecule has 0 aliphatic carbocycles. The number of nitrogens with one attached hydrogen (secondary N) is 1. The molecule has 1 heterocycles. The lowest BCUT2D eigenvalue weighted by Crippen LogP contribution is -2.24. The molecule has 0 spiro atoms. The molecule has 5 heteroatoms. The SMILES string of the molecule is Cc1ccc(CNc2nc(C)ns2)c(OC(C)(C)C)c1. The Kier molecular flexibility index (Phi) is 4.28. The number of benzene rings is 1. The molecule has 1 N–H and O–H groups in total. The van der Waals surface area contributed by atoms with Gasteiger partial charge in [0.15, 0.2) is 0 Å². The lowest BCUT2D eigenvalue weighted by atomic mass is 10.1. The lowest BCUT2D eigenvalue weighted by molar-refractivity contribution is 0.129. The van der Waals surface area contributed by atoms with Crippen molar-refractivity contribution in [3.8, 4) is 5.75 Å². The third-order valence-corrected chi connectivity index (χ3v) is 3.36. The summed E-state index contributed by atoms with van der Waals surface area (Å²) in [6, 6.07) is 6.27. The van der Waals surface area contributed by atoms with Crippen LogP contribution in [0.3, 0.4) is 0 Å². The van der Waals surface area contributed by atoms with Crippen LogP contribution in [0.1, 0.15) is 37.7 Å². The van der Waals surface area contributed by atoms with Crippen molar-refractivity contribution in [1.82, 2.24) is 9.36 Å². The van der Waals surface area contributed by atoms with Crippen LogP contribution in [0.2, 0.25) is 0 Å². The lowest BCUT2D eigenvalue weighted by Gasteiger charge is -2.23. The molecular formula is C15H21N3OS. The Balaban J connectivity index is 2.14. The van der Waals surface area contributed by atoms with E-state index in [1.807, 2.05) is 6.92 Å². The van der Waals surface area contributed by atoms with Crippen LogP contribution in [0, 0.1) is 13.8 Å². The van der Waals surface area contributed by atoms with Gasteiger partial charge >= 0.3 is 0 Å². The van der Waals surface area contributed by atoms with Crippen LogP contribution < -0.4 is 10.1 Å². The van der Waals surface area contributed by atoms with E-state index in [0.29, 0.717) is 6.54 Å². The third-order valence-electron chi connectivity index (χ3n) is 2.60. The number of rotatable bonds is 4. The minimum atomic E-state index is -0.206. The molecule has 0 amide bonds. The smallest absolute Gasteiger partial charge is 0.202 e. The van der Waals surface area contributed by atoms with Gasteiger partial charge < -0.3 is 10.1 Å². The van der Waals surface area contributed by atoms with Gasteiger partial charge in [0.25, 0.3) is 0 Å². The zero-order chi connectivity index (χ0) is 14.8. The van der Waals surface area contributed by atoms with Gasteiger partial charge in [0, 0.05) is 23.6 Å². The first kappa shape index (κ1) is 14.8. The van der Waals surface area contributed by atoms with Crippen molar-refractivity contribution in [2.45, 2.75) is 46.8 Å². The number of hydrogen-bond acceptors (Lipinski definition) is 5. The molecular weight excluding hydrogens is 270 g/mol. The first-order chi connectivity index (χ1) is 9.33. The van der Waals surface area contributed by atoms with Crippen LogP contribution in [0.25, 0.3) is 0 Å². The highest BCUT2D eigenvalue weighted by atomic mass is 32.1. The van der Waals surface area contributed by atoms with Gasteiger partial charge in [0.05, 0.1) is 0 Å². The summed E-state index contributed by atoms with van der Waals surface area (Å²) in [4.78, 5) is 4.30. The minimum Gasteiger partial charge on any atom is -0.488 e. The monoisotopic (exact) mass is 291 g/mol. The van der Waals surface area contributed by atoms with Crippen molar-refractivity contribution < 1.29 is 4.74 Å². The Labute approximate surface area is 124 Å². The molecule has 0 atom stereocenters. The molecule has 1 aromatic heterocycles. The van der Waals surface area contributed by atoms with Crippen LogP contribution in [-0.2, 0) is 6.54 Å². The topological polar surface area (TPSA) is 47.0 Å². The molecule has 1 aromatic carbocycles.